The molecule has 1 saturated carbocycles. The van der Waals surface area contributed by atoms with Gasteiger partial charge in [0.2, 0.25) is 0 Å². The molecule has 2 aromatic heterocycles. The molecular formula is C11H12N4OS. The Balaban J connectivity index is 1.79. The number of nitrogens with one attached hydrogen (secondary N) is 2. The molecule has 0 amide bonds. The fourth-order valence-electron chi connectivity index (χ4n) is 1.54. The molecule has 88 valence electrons. The maximum atomic E-state index is 11.6. The lowest BCUT2D eigenvalue weighted by Crippen LogP contribution is -2.14. The molecule has 0 spiro atoms. The minimum Gasteiger partial charge on any atom is -0.367 e. The zero-order valence-corrected chi connectivity index (χ0v) is 9.96. The topological polar surface area (TPSA) is 70.7 Å². The van der Waals surface area contributed by atoms with E-state index < -0.39 is 0 Å². The van der Waals surface area contributed by atoms with E-state index in [9.17, 15) is 4.79 Å². The van der Waals surface area contributed by atoms with Crippen LogP contribution in [-0.2, 0) is 6.54 Å². The Morgan fingerprint density at radius 3 is 3.12 bits per heavy atom. The van der Waals surface area contributed by atoms with Crippen LogP contribution in [0.5, 0.6) is 0 Å². The summed E-state index contributed by atoms with van der Waals surface area (Å²) in [5.41, 5.74) is 0.560. The first-order valence-electron chi connectivity index (χ1n) is 5.56. The van der Waals surface area contributed by atoms with Gasteiger partial charge >= 0.3 is 0 Å². The number of rotatable bonds is 4. The van der Waals surface area contributed by atoms with Crippen LogP contribution in [0.1, 0.15) is 17.8 Å². The van der Waals surface area contributed by atoms with Crippen LogP contribution in [-0.4, -0.2) is 21.2 Å². The average Bonchev–Trinajstić information content (AvgIpc) is 3.06. The van der Waals surface area contributed by atoms with Gasteiger partial charge in [-0.15, -0.1) is 10.2 Å². The summed E-state index contributed by atoms with van der Waals surface area (Å²) in [4.78, 5) is 14.5. The smallest absolute Gasteiger partial charge is 0.191 e. The summed E-state index contributed by atoms with van der Waals surface area (Å²) in [5, 5.41) is 13.1. The van der Waals surface area contributed by atoms with Crippen molar-refractivity contribution in [2.24, 2.45) is 0 Å². The normalized spacial score (nSPS) is 15.1. The first-order chi connectivity index (χ1) is 8.33. The van der Waals surface area contributed by atoms with E-state index in [1.54, 1.807) is 12.4 Å². The van der Waals surface area contributed by atoms with E-state index in [0.717, 1.165) is 11.6 Å². The molecule has 0 saturated heterocycles. The van der Waals surface area contributed by atoms with E-state index in [2.05, 4.69) is 20.5 Å². The van der Waals surface area contributed by atoms with Crippen LogP contribution in [0, 0.1) is 0 Å². The SMILES string of the molecule is O=c1cc[nH]cc1-c1nnc(CNC2CC2)s1. The summed E-state index contributed by atoms with van der Waals surface area (Å²) >= 11 is 1.47. The highest BCUT2D eigenvalue weighted by Crippen LogP contribution is 2.22. The molecule has 0 unspecified atom stereocenters. The summed E-state index contributed by atoms with van der Waals surface area (Å²) in [6.45, 7) is 0.743. The molecule has 0 aliphatic heterocycles. The molecule has 5 nitrogen and oxygen atoms in total. The Morgan fingerprint density at radius 2 is 2.35 bits per heavy atom. The lowest BCUT2D eigenvalue weighted by Gasteiger charge is -1.95. The molecule has 2 heterocycles. The first-order valence-corrected chi connectivity index (χ1v) is 6.38. The third kappa shape index (κ3) is 2.42. The predicted molar refractivity (Wildman–Crippen MR) is 65.8 cm³/mol. The Kier molecular flexibility index (Phi) is 2.74. The largest absolute Gasteiger partial charge is 0.367 e. The zero-order chi connectivity index (χ0) is 11.7. The van der Waals surface area contributed by atoms with Gasteiger partial charge in [0.1, 0.15) is 5.01 Å². The zero-order valence-electron chi connectivity index (χ0n) is 9.14. The quantitative estimate of drug-likeness (QED) is 0.851. The van der Waals surface area contributed by atoms with E-state index in [4.69, 9.17) is 0 Å². The second kappa shape index (κ2) is 4.38. The standard InChI is InChI=1S/C11H12N4OS/c16-9-3-4-12-5-8(9)11-15-14-10(17-11)6-13-7-1-2-7/h3-5,7,13H,1-2,6H2,(H,12,16). The lowest BCUT2D eigenvalue weighted by molar-refractivity contribution is 0.679. The van der Waals surface area contributed by atoms with Crippen molar-refractivity contribution in [3.05, 3.63) is 33.7 Å². The predicted octanol–water partition coefficient (Wildman–Crippen LogP) is 1.15. The van der Waals surface area contributed by atoms with E-state index in [1.165, 1.54) is 30.2 Å². The van der Waals surface area contributed by atoms with Crippen molar-refractivity contribution in [2.75, 3.05) is 0 Å². The van der Waals surface area contributed by atoms with Crippen LogP contribution < -0.4 is 10.7 Å². The van der Waals surface area contributed by atoms with Crippen molar-refractivity contribution < 1.29 is 0 Å². The Morgan fingerprint density at radius 1 is 1.47 bits per heavy atom. The van der Waals surface area contributed by atoms with Crippen LogP contribution in [0.3, 0.4) is 0 Å². The van der Waals surface area contributed by atoms with Crippen LogP contribution in [0.15, 0.2) is 23.3 Å². The molecular weight excluding hydrogens is 236 g/mol. The fourth-order valence-corrected chi connectivity index (χ4v) is 2.35. The van der Waals surface area contributed by atoms with Gasteiger partial charge in [-0.1, -0.05) is 11.3 Å². The van der Waals surface area contributed by atoms with Gasteiger partial charge in [-0.05, 0) is 12.8 Å². The van der Waals surface area contributed by atoms with Gasteiger partial charge in [0.15, 0.2) is 10.4 Å². The second-order valence-corrected chi connectivity index (χ2v) is 5.14. The van der Waals surface area contributed by atoms with E-state index >= 15 is 0 Å². The van der Waals surface area contributed by atoms with Crippen LogP contribution in [0.2, 0.25) is 0 Å². The molecule has 3 rings (SSSR count). The molecule has 0 bridgehead atoms. The van der Waals surface area contributed by atoms with Crippen molar-refractivity contribution in [3.63, 3.8) is 0 Å². The molecule has 1 aliphatic carbocycles. The van der Waals surface area contributed by atoms with Gasteiger partial charge in [-0.2, -0.15) is 0 Å². The number of aromatic amines is 1. The molecule has 2 aromatic rings. The van der Waals surface area contributed by atoms with E-state index in [1.807, 2.05) is 0 Å². The molecule has 6 heteroatoms. The second-order valence-electron chi connectivity index (χ2n) is 4.08. The number of pyridine rings is 1. The number of aromatic nitrogens is 3. The number of hydrogen-bond acceptors (Lipinski definition) is 5. The molecule has 1 fully saturated rings. The van der Waals surface area contributed by atoms with Crippen molar-refractivity contribution >= 4 is 11.3 Å². The maximum absolute atomic E-state index is 11.6. The molecule has 17 heavy (non-hydrogen) atoms. The highest BCUT2D eigenvalue weighted by atomic mass is 32.1. The minimum atomic E-state index is -0.0263. The Hall–Kier alpha value is -1.53. The van der Waals surface area contributed by atoms with Gasteiger partial charge in [-0.25, -0.2) is 0 Å². The summed E-state index contributed by atoms with van der Waals surface area (Å²) in [6, 6.07) is 2.15. The Labute approximate surface area is 102 Å². The lowest BCUT2D eigenvalue weighted by atomic mass is 10.3. The van der Waals surface area contributed by atoms with Crippen molar-refractivity contribution in [2.45, 2.75) is 25.4 Å². The van der Waals surface area contributed by atoms with Gasteiger partial charge < -0.3 is 10.3 Å². The molecule has 1 aliphatic rings. The van der Waals surface area contributed by atoms with Crippen molar-refractivity contribution in [1.82, 2.24) is 20.5 Å². The van der Waals surface area contributed by atoms with Gasteiger partial charge in [0.25, 0.3) is 0 Å². The molecule has 0 aromatic carbocycles. The monoisotopic (exact) mass is 248 g/mol. The van der Waals surface area contributed by atoms with Crippen LogP contribution in [0.25, 0.3) is 10.6 Å². The van der Waals surface area contributed by atoms with Gasteiger partial charge in [0, 0.05) is 31.0 Å². The molecule has 0 radical (unpaired) electrons. The number of nitrogens with zero attached hydrogens (tertiary/aromatic N) is 2. The number of H-pyrrole nitrogens is 1. The average molecular weight is 248 g/mol. The van der Waals surface area contributed by atoms with Gasteiger partial charge in [-0.3, -0.25) is 4.79 Å². The highest BCUT2D eigenvalue weighted by Gasteiger charge is 2.20. The van der Waals surface area contributed by atoms with Crippen LogP contribution >= 0.6 is 11.3 Å². The molecule has 0 atom stereocenters. The minimum absolute atomic E-state index is 0.0263. The summed E-state index contributed by atoms with van der Waals surface area (Å²) in [7, 11) is 0. The van der Waals surface area contributed by atoms with Crippen molar-refractivity contribution in [1.29, 1.82) is 0 Å². The van der Waals surface area contributed by atoms with E-state index in [-0.39, 0.29) is 5.43 Å². The summed E-state index contributed by atoms with van der Waals surface area (Å²) in [5.74, 6) is 0. The Bertz CT molecular complexity index is 573. The van der Waals surface area contributed by atoms with Crippen LogP contribution in [0.4, 0.5) is 0 Å². The van der Waals surface area contributed by atoms with E-state index in [0.29, 0.717) is 16.6 Å². The highest BCUT2D eigenvalue weighted by molar-refractivity contribution is 7.14. The maximum Gasteiger partial charge on any atom is 0.191 e. The number of hydrogen-bond donors (Lipinski definition) is 2. The summed E-state index contributed by atoms with van der Waals surface area (Å²) in [6.07, 6.45) is 5.79. The first kappa shape index (κ1) is 10.6. The summed E-state index contributed by atoms with van der Waals surface area (Å²) < 4.78 is 0. The van der Waals surface area contributed by atoms with Crippen molar-refractivity contribution in [3.8, 4) is 10.6 Å². The van der Waals surface area contributed by atoms with Gasteiger partial charge in [0.05, 0.1) is 5.56 Å². The third-order valence-electron chi connectivity index (χ3n) is 2.64. The fraction of sp³-hybridized carbons (Fsp3) is 0.364. The molecule has 2 N–H and O–H groups in total. The third-order valence-corrected chi connectivity index (χ3v) is 3.60.